The third-order valence-corrected chi connectivity index (χ3v) is 6.57. The summed E-state index contributed by atoms with van der Waals surface area (Å²) in [5.74, 6) is 0.957. The van der Waals surface area contributed by atoms with Gasteiger partial charge in [-0.15, -0.1) is 0 Å². The first-order chi connectivity index (χ1) is 9.56. The maximum atomic E-state index is 12.5. The molecular formula is C14H23N3O2S. The molecule has 0 radical (unpaired) electrons. The molecule has 1 fully saturated rings. The van der Waals surface area contributed by atoms with Gasteiger partial charge in [0, 0.05) is 31.4 Å². The topological polar surface area (TPSA) is 55.2 Å². The highest BCUT2D eigenvalue weighted by Crippen LogP contribution is 2.30. The van der Waals surface area contributed by atoms with Crippen LogP contribution in [0.15, 0.2) is 6.20 Å². The molecule has 0 saturated heterocycles. The number of fused-ring (bicyclic) bond motifs is 1. The van der Waals surface area contributed by atoms with Crippen LogP contribution in [0.3, 0.4) is 0 Å². The molecule has 0 aromatic carbocycles. The van der Waals surface area contributed by atoms with E-state index in [0.717, 1.165) is 24.8 Å². The fourth-order valence-electron chi connectivity index (χ4n) is 3.12. The highest BCUT2D eigenvalue weighted by atomic mass is 32.2. The zero-order chi connectivity index (χ0) is 14.2. The lowest BCUT2D eigenvalue weighted by Crippen LogP contribution is -2.33. The molecule has 5 nitrogen and oxygen atoms in total. The maximum absolute atomic E-state index is 12.5. The number of hydrogen-bond donors (Lipinski definition) is 0. The Bertz CT molecular complexity index is 575. The maximum Gasteiger partial charge on any atom is 0.214 e. The summed E-state index contributed by atoms with van der Waals surface area (Å²) in [4.78, 5) is 0. The molecule has 112 valence electrons. The Morgan fingerprint density at radius 2 is 2.15 bits per heavy atom. The summed E-state index contributed by atoms with van der Waals surface area (Å²) in [6, 6.07) is 0. The Balaban J connectivity index is 1.69. The van der Waals surface area contributed by atoms with Gasteiger partial charge in [-0.05, 0) is 25.2 Å². The predicted molar refractivity (Wildman–Crippen MR) is 77.7 cm³/mol. The first-order valence-electron chi connectivity index (χ1n) is 7.54. The van der Waals surface area contributed by atoms with Gasteiger partial charge in [0.15, 0.2) is 0 Å². The number of nitrogens with zero attached hydrogens (tertiary/aromatic N) is 3. The van der Waals surface area contributed by atoms with E-state index < -0.39 is 10.0 Å². The van der Waals surface area contributed by atoms with Gasteiger partial charge in [0.25, 0.3) is 0 Å². The Hall–Kier alpha value is -0.880. The van der Waals surface area contributed by atoms with Gasteiger partial charge in [-0.1, -0.05) is 19.3 Å². The summed E-state index contributed by atoms with van der Waals surface area (Å²) >= 11 is 0. The van der Waals surface area contributed by atoms with Crippen LogP contribution in [0.25, 0.3) is 0 Å². The standard InChI is InChI=1S/C14H23N3O2S/c1-16-14-6-3-8-17(11-13(14)10-15-16)20(18,19)9-7-12-4-2-5-12/h10,12H,2-9,11H2,1H3. The smallest absolute Gasteiger partial charge is 0.214 e. The van der Waals surface area contributed by atoms with Crippen LogP contribution in [-0.2, 0) is 30.0 Å². The molecule has 1 saturated carbocycles. The zero-order valence-corrected chi connectivity index (χ0v) is 12.9. The molecule has 1 aliphatic heterocycles. The van der Waals surface area contributed by atoms with Crippen molar-refractivity contribution in [1.82, 2.24) is 14.1 Å². The van der Waals surface area contributed by atoms with Gasteiger partial charge in [-0.2, -0.15) is 9.40 Å². The molecule has 1 aromatic heterocycles. The second-order valence-corrected chi connectivity index (χ2v) is 8.17. The number of sulfonamides is 1. The molecule has 2 aliphatic rings. The Labute approximate surface area is 121 Å². The summed E-state index contributed by atoms with van der Waals surface area (Å²) in [7, 11) is -1.18. The highest BCUT2D eigenvalue weighted by molar-refractivity contribution is 7.89. The van der Waals surface area contributed by atoms with E-state index in [1.807, 2.05) is 17.9 Å². The van der Waals surface area contributed by atoms with Crippen molar-refractivity contribution in [2.75, 3.05) is 12.3 Å². The largest absolute Gasteiger partial charge is 0.272 e. The van der Waals surface area contributed by atoms with Crippen LogP contribution in [-0.4, -0.2) is 34.8 Å². The van der Waals surface area contributed by atoms with Crippen LogP contribution in [0.1, 0.15) is 43.4 Å². The lowest BCUT2D eigenvalue weighted by Gasteiger charge is -2.27. The minimum atomic E-state index is -3.12. The summed E-state index contributed by atoms with van der Waals surface area (Å²) in [6.07, 6.45) is 8.14. The van der Waals surface area contributed by atoms with Gasteiger partial charge in [-0.25, -0.2) is 8.42 Å². The van der Waals surface area contributed by atoms with Gasteiger partial charge in [0.05, 0.1) is 11.9 Å². The summed E-state index contributed by atoms with van der Waals surface area (Å²) in [5, 5.41) is 4.25. The van der Waals surface area contributed by atoms with Gasteiger partial charge >= 0.3 is 0 Å². The van der Waals surface area contributed by atoms with E-state index in [9.17, 15) is 8.42 Å². The SMILES string of the molecule is Cn1ncc2c1CCCN(S(=O)(=O)CCC1CCC1)C2. The lowest BCUT2D eigenvalue weighted by molar-refractivity contribution is 0.304. The molecule has 20 heavy (non-hydrogen) atoms. The molecule has 0 spiro atoms. The summed E-state index contributed by atoms with van der Waals surface area (Å²) in [6.45, 7) is 1.14. The van der Waals surface area contributed by atoms with Crippen LogP contribution < -0.4 is 0 Å². The molecule has 0 N–H and O–H groups in total. The van der Waals surface area contributed by atoms with Gasteiger partial charge in [0.1, 0.15) is 0 Å². The summed E-state index contributed by atoms with van der Waals surface area (Å²) in [5.41, 5.74) is 2.25. The third kappa shape index (κ3) is 2.76. The van der Waals surface area contributed by atoms with Crippen molar-refractivity contribution >= 4 is 10.0 Å². The molecule has 0 bridgehead atoms. The van der Waals surface area contributed by atoms with Crippen LogP contribution in [0, 0.1) is 5.92 Å². The summed E-state index contributed by atoms with van der Waals surface area (Å²) < 4.78 is 28.5. The van der Waals surface area contributed by atoms with E-state index in [-0.39, 0.29) is 0 Å². The van der Waals surface area contributed by atoms with Gasteiger partial charge in [0.2, 0.25) is 10.0 Å². The quantitative estimate of drug-likeness (QED) is 0.850. The molecule has 1 aromatic rings. The Kier molecular flexibility index (Phi) is 3.86. The normalized spacial score (nSPS) is 21.2. The van der Waals surface area contributed by atoms with Crippen molar-refractivity contribution in [1.29, 1.82) is 0 Å². The second kappa shape index (κ2) is 5.48. The fourth-order valence-corrected chi connectivity index (χ4v) is 4.75. The van der Waals surface area contributed by atoms with E-state index in [4.69, 9.17) is 0 Å². The molecule has 3 rings (SSSR count). The number of aromatic nitrogens is 2. The van der Waals surface area contributed by atoms with Crippen molar-refractivity contribution in [2.24, 2.45) is 13.0 Å². The van der Waals surface area contributed by atoms with Crippen molar-refractivity contribution < 1.29 is 8.42 Å². The van der Waals surface area contributed by atoms with Gasteiger partial charge in [-0.3, -0.25) is 4.68 Å². The van der Waals surface area contributed by atoms with E-state index in [2.05, 4.69) is 5.10 Å². The van der Waals surface area contributed by atoms with Gasteiger partial charge < -0.3 is 0 Å². The third-order valence-electron chi connectivity index (χ3n) is 4.72. The van der Waals surface area contributed by atoms with E-state index in [0.29, 0.717) is 24.8 Å². The average molecular weight is 297 g/mol. The predicted octanol–water partition coefficient (Wildman–Crippen LogP) is 1.69. The lowest BCUT2D eigenvalue weighted by atomic mass is 9.84. The molecule has 0 unspecified atom stereocenters. The van der Waals surface area contributed by atoms with Crippen molar-refractivity contribution in [2.45, 2.75) is 45.1 Å². The van der Waals surface area contributed by atoms with Crippen LogP contribution in [0.5, 0.6) is 0 Å². The molecule has 0 atom stereocenters. The van der Waals surface area contributed by atoms with Crippen molar-refractivity contribution in [3.8, 4) is 0 Å². The first kappa shape index (κ1) is 14.1. The van der Waals surface area contributed by atoms with Crippen LogP contribution >= 0.6 is 0 Å². The number of aryl methyl sites for hydroxylation is 1. The Morgan fingerprint density at radius 1 is 1.35 bits per heavy atom. The van der Waals surface area contributed by atoms with E-state index in [1.54, 1.807) is 4.31 Å². The van der Waals surface area contributed by atoms with E-state index in [1.165, 1.54) is 25.0 Å². The Morgan fingerprint density at radius 3 is 2.85 bits per heavy atom. The minimum Gasteiger partial charge on any atom is -0.272 e. The number of rotatable bonds is 4. The highest BCUT2D eigenvalue weighted by Gasteiger charge is 2.28. The molecular weight excluding hydrogens is 274 g/mol. The average Bonchev–Trinajstić information content (AvgIpc) is 2.59. The first-order valence-corrected chi connectivity index (χ1v) is 9.15. The zero-order valence-electron chi connectivity index (χ0n) is 12.1. The number of hydrogen-bond acceptors (Lipinski definition) is 3. The molecule has 0 amide bonds. The monoisotopic (exact) mass is 297 g/mol. The van der Waals surface area contributed by atoms with Crippen molar-refractivity contribution in [3.63, 3.8) is 0 Å². The molecule has 1 aliphatic carbocycles. The molecule has 6 heteroatoms. The van der Waals surface area contributed by atoms with E-state index >= 15 is 0 Å². The second-order valence-electron chi connectivity index (χ2n) is 6.08. The molecule has 2 heterocycles. The van der Waals surface area contributed by atoms with Crippen LogP contribution in [0.4, 0.5) is 0 Å². The minimum absolute atomic E-state index is 0.313. The van der Waals surface area contributed by atoms with Crippen molar-refractivity contribution in [3.05, 3.63) is 17.5 Å². The van der Waals surface area contributed by atoms with Crippen LogP contribution in [0.2, 0.25) is 0 Å². The fraction of sp³-hybridized carbons (Fsp3) is 0.786.